The maximum Gasteiger partial charge on any atom is 0.247 e. The van der Waals surface area contributed by atoms with Crippen molar-refractivity contribution < 1.29 is 4.79 Å². The number of rotatable bonds is 2. The minimum absolute atomic E-state index is 0.0447. The van der Waals surface area contributed by atoms with Gasteiger partial charge in [0.25, 0.3) is 0 Å². The second-order valence-electron chi connectivity index (χ2n) is 3.29. The number of benzene rings is 1. The van der Waals surface area contributed by atoms with Gasteiger partial charge in [0.1, 0.15) is 0 Å². The van der Waals surface area contributed by atoms with Crippen LogP contribution in [0.2, 0.25) is 0 Å². The minimum atomic E-state index is -0.419. The van der Waals surface area contributed by atoms with Gasteiger partial charge in [-0.05, 0) is 36.0 Å². The number of carbonyl (C=O) groups excluding carboxylic acids is 1. The van der Waals surface area contributed by atoms with Crippen molar-refractivity contribution in [1.82, 2.24) is 5.01 Å². The van der Waals surface area contributed by atoms with Crippen LogP contribution in [0, 0.1) is 0 Å². The number of thiocarbonyl (C=S) groups is 1. The molecule has 0 saturated carbocycles. The van der Waals surface area contributed by atoms with Crippen LogP contribution in [0.15, 0.2) is 18.2 Å². The Balaban J connectivity index is 2.81. The summed E-state index contributed by atoms with van der Waals surface area (Å²) in [5, 5.41) is 0.538. The third kappa shape index (κ3) is 3.07. The summed E-state index contributed by atoms with van der Waals surface area (Å²) in [5.74, 6) is 4.92. The van der Waals surface area contributed by atoms with Gasteiger partial charge >= 0.3 is 0 Å². The average Bonchev–Trinajstić information content (AvgIpc) is 2.14. The number of hydrazine groups is 1. The van der Waals surface area contributed by atoms with Gasteiger partial charge in [-0.2, -0.15) is 0 Å². The van der Waals surface area contributed by atoms with Gasteiger partial charge in [-0.1, -0.05) is 0 Å². The molecule has 0 heterocycles. The molecule has 0 saturated heterocycles. The fourth-order valence-electron chi connectivity index (χ4n) is 1.23. The maximum atomic E-state index is 11.5. The fraction of sp³-hybridized carbons (Fsp3) is 0.111. The van der Waals surface area contributed by atoms with E-state index < -0.39 is 5.91 Å². The number of carbonyl (C=O) groups is 1. The summed E-state index contributed by atoms with van der Waals surface area (Å²) in [6.45, 7) is 0. The largest absolute Gasteiger partial charge is 0.399 e. The van der Waals surface area contributed by atoms with Gasteiger partial charge in [-0.3, -0.25) is 4.79 Å². The Morgan fingerprint density at radius 3 is 2.19 bits per heavy atom. The Bertz CT molecular complexity index is 414. The third-order valence-electron chi connectivity index (χ3n) is 1.90. The number of nitrogens with two attached hydrogens (primary N) is 4. The molecule has 0 aliphatic heterocycles. The van der Waals surface area contributed by atoms with Crippen LogP contribution in [0.5, 0.6) is 0 Å². The smallest absolute Gasteiger partial charge is 0.247 e. The number of hydrogen-bond acceptors (Lipinski definition) is 5. The average molecular weight is 239 g/mol. The second-order valence-corrected chi connectivity index (χ2v) is 3.70. The summed E-state index contributed by atoms with van der Waals surface area (Å²) < 4.78 is 0. The molecule has 1 aromatic rings. The Morgan fingerprint density at radius 2 is 1.75 bits per heavy atom. The summed E-state index contributed by atoms with van der Waals surface area (Å²) in [6, 6.07) is 4.88. The number of amides is 1. The van der Waals surface area contributed by atoms with Gasteiger partial charge in [0.05, 0.1) is 6.42 Å². The van der Waals surface area contributed by atoms with E-state index in [1.165, 1.54) is 0 Å². The van der Waals surface area contributed by atoms with E-state index in [1.807, 2.05) is 0 Å². The highest BCUT2D eigenvalue weighted by Crippen LogP contribution is 2.14. The van der Waals surface area contributed by atoms with E-state index in [2.05, 4.69) is 12.2 Å². The van der Waals surface area contributed by atoms with Crippen LogP contribution in [-0.4, -0.2) is 16.0 Å². The van der Waals surface area contributed by atoms with Crippen molar-refractivity contribution in [2.24, 2.45) is 11.6 Å². The highest BCUT2D eigenvalue weighted by Gasteiger charge is 2.12. The molecule has 8 N–H and O–H groups in total. The van der Waals surface area contributed by atoms with Gasteiger partial charge in [0.15, 0.2) is 5.11 Å². The van der Waals surface area contributed by atoms with Crippen molar-refractivity contribution in [3.63, 3.8) is 0 Å². The molecule has 1 aromatic carbocycles. The maximum absolute atomic E-state index is 11.5. The van der Waals surface area contributed by atoms with E-state index >= 15 is 0 Å². The van der Waals surface area contributed by atoms with Crippen molar-refractivity contribution in [2.75, 3.05) is 11.5 Å². The van der Waals surface area contributed by atoms with Gasteiger partial charge < -0.3 is 17.2 Å². The lowest BCUT2D eigenvalue weighted by Gasteiger charge is -2.14. The van der Waals surface area contributed by atoms with Crippen LogP contribution in [-0.2, 0) is 11.2 Å². The topological polar surface area (TPSA) is 124 Å². The lowest BCUT2D eigenvalue weighted by Crippen LogP contribution is -2.46. The molecule has 6 nitrogen and oxygen atoms in total. The lowest BCUT2D eigenvalue weighted by molar-refractivity contribution is -0.126. The van der Waals surface area contributed by atoms with E-state index in [0.717, 1.165) is 0 Å². The van der Waals surface area contributed by atoms with E-state index in [4.69, 9.17) is 23.0 Å². The van der Waals surface area contributed by atoms with Gasteiger partial charge in [-0.15, -0.1) is 0 Å². The molecule has 0 unspecified atom stereocenters. The first-order chi connectivity index (χ1) is 7.40. The number of hydrogen-bond donors (Lipinski definition) is 4. The SMILES string of the molecule is NC(=S)N(N)C(=O)Cc1cc(N)cc(N)c1. The number of nitrogen functional groups attached to an aromatic ring is 2. The first-order valence-corrected chi connectivity index (χ1v) is 4.83. The summed E-state index contributed by atoms with van der Waals surface area (Å²) >= 11 is 4.57. The predicted octanol–water partition coefficient (Wildman–Crippen LogP) is -0.661. The molecular formula is C9H13N5OS. The van der Waals surface area contributed by atoms with Crippen molar-refractivity contribution in [1.29, 1.82) is 0 Å². The molecule has 0 aliphatic rings. The molecule has 1 rings (SSSR count). The molecule has 0 spiro atoms. The summed E-state index contributed by atoms with van der Waals surface area (Å²) in [5.41, 5.74) is 18.0. The zero-order chi connectivity index (χ0) is 12.3. The molecule has 0 aliphatic carbocycles. The standard InChI is InChI=1S/C9H13N5OS/c10-6-1-5(2-7(11)4-6)3-8(15)14(13)9(12)16/h1-2,4H,3,10-11,13H2,(H2,12,16). The molecule has 1 amide bonds. The van der Waals surface area contributed by atoms with Crippen LogP contribution < -0.4 is 23.0 Å². The van der Waals surface area contributed by atoms with E-state index in [0.29, 0.717) is 21.9 Å². The number of nitrogens with zero attached hydrogens (tertiary/aromatic N) is 1. The monoisotopic (exact) mass is 239 g/mol. The second kappa shape index (κ2) is 4.77. The van der Waals surface area contributed by atoms with E-state index in [9.17, 15) is 4.79 Å². The first kappa shape index (κ1) is 12.2. The van der Waals surface area contributed by atoms with Crippen LogP contribution >= 0.6 is 12.2 Å². The minimum Gasteiger partial charge on any atom is -0.399 e. The normalized spacial score (nSPS) is 9.81. The van der Waals surface area contributed by atoms with Gasteiger partial charge in [0.2, 0.25) is 5.91 Å². The third-order valence-corrected chi connectivity index (χ3v) is 2.10. The Hall–Kier alpha value is -1.86. The quantitative estimate of drug-likeness (QED) is 0.178. The van der Waals surface area contributed by atoms with Crippen molar-refractivity contribution in [3.8, 4) is 0 Å². The Labute approximate surface area is 98.1 Å². The Kier molecular flexibility index (Phi) is 3.64. The van der Waals surface area contributed by atoms with Crippen molar-refractivity contribution >= 4 is 34.6 Å². The Morgan fingerprint density at radius 1 is 1.25 bits per heavy atom. The highest BCUT2D eigenvalue weighted by molar-refractivity contribution is 7.80. The molecule has 0 aromatic heterocycles. The molecular weight excluding hydrogens is 226 g/mol. The zero-order valence-corrected chi connectivity index (χ0v) is 9.33. The van der Waals surface area contributed by atoms with Gasteiger partial charge in [-0.25, -0.2) is 10.9 Å². The molecule has 0 radical (unpaired) electrons. The van der Waals surface area contributed by atoms with E-state index in [-0.39, 0.29) is 11.5 Å². The molecule has 0 fully saturated rings. The molecule has 86 valence electrons. The molecule has 0 atom stereocenters. The summed E-state index contributed by atoms with van der Waals surface area (Å²) in [4.78, 5) is 11.5. The van der Waals surface area contributed by atoms with Crippen LogP contribution in [0.1, 0.15) is 5.56 Å². The van der Waals surface area contributed by atoms with E-state index in [1.54, 1.807) is 18.2 Å². The van der Waals surface area contributed by atoms with Crippen molar-refractivity contribution in [3.05, 3.63) is 23.8 Å². The zero-order valence-electron chi connectivity index (χ0n) is 8.51. The molecule has 7 heteroatoms. The van der Waals surface area contributed by atoms with Gasteiger partial charge in [0, 0.05) is 11.4 Å². The fourth-order valence-corrected chi connectivity index (χ4v) is 1.33. The number of anilines is 2. The van der Waals surface area contributed by atoms with Crippen molar-refractivity contribution in [2.45, 2.75) is 6.42 Å². The summed E-state index contributed by atoms with van der Waals surface area (Å²) in [6.07, 6.45) is 0.0447. The van der Waals surface area contributed by atoms with Crippen LogP contribution in [0.3, 0.4) is 0 Å². The summed E-state index contributed by atoms with van der Waals surface area (Å²) in [7, 11) is 0. The predicted molar refractivity (Wildman–Crippen MR) is 66.8 cm³/mol. The van der Waals surface area contributed by atoms with Crippen LogP contribution in [0.25, 0.3) is 0 Å². The molecule has 0 bridgehead atoms. The molecule has 16 heavy (non-hydrogen) atoms. The van der Waals surface area contributed by atoms with Crippen LogP contribution in [0.4, 0.5) is 11.4 Å². The lowest BCUT2D eigenvalue weighted by atomic mass is 10.1. The first-order valence-electron chi connectivity index (χ1n) is 4.42. The highest BCUT2D eigenvalue weighted by atomic mass is 32.1.